The third kappa shape index (κ3) is 1.91. The highest BCUT2D eigenvalue weighted by Crippen LogP contribution is 1.97. The Kier molecular flexibility index (Phi) is 3.81. The van der Waals surface area contributed by atoms with E-state index >= 15 is 0 Å². The van der Waals surface area contributed by atoms with E-state index in [1.54, 1.807) is 0 Å². The summed E-state index contributed by atoms with van der Waals surface area (Å²) in [6.45, 7) is 1.99. The first kappa shape index (κ1) is 9.84. The van der Waals surface area contributed by atoms with Crippen LogP contribution in [0.15, 0.2) is 0 Å². The number of nitrogens with one attached hydrogen (secondary N) is 3. The summed E-state index contributed by atoms with van der Waals surface area (Å²) in [6.07, 6.45) is -0.0949. The lowest BCUT2D eigenvalue weighted by Crippen LogP contribution is -2.67. The van der Waals surface area contributed by atoms with Crippen molar-refractivity contribution in [1.82, 2.24) is 16.0 Å². The Labute approximate surface area is 62.6 Å². The van der Waals surface area contributed by atoms with Crippen LogP contribution >= 0.6 is 0 Å². The van der Waals surface area contributed by atoms with Gasteiger partial charge in [0.25, 0.3) is 0 Å². The fourth-order valence-electron chi connectivity index (χ4n) is 0.725. The van der Waals surface area contributed by atoms with Crippen LogP contribution in [0.5, 0.6) is 0 Å². The van der Waals surface area contributed by atoms with Crippen LogP contribution in [-0.2, 0) is 0 Å². The number of rotatable bonds is 4. The van der Waals surface area contributed by atoms with E-state index in [4.69, 9.17) is 5.73 Å². The van der Waals surface area contributed by atoms with Gasteiger partial charge in [0, 0.05) is 0 Å². The van der Waals surface area contributed by atoms with E-state index in [9.17, 15) is 0 Å². The maximum Gasteiger partial charge on any atom is 0.0944 e. The van der Waals surface area contributed by atoms with Crippen LogP contribution in [0, 0.1) is 0 Å². The van der Waals surface area contributed by atoms with Crippen molar-refractivity contribution >= 4 is 0 Å². The Bertz CT molecular complexity index is 89.7. The van der Waals surface area contributed by atoms with E-state index in [1.807, 2.05) is 28.1 Å². The van der Waals surface area contributed by atoms with Crippen molar-refractivity contribution in [2.45, 2.75) is 18.8 Å². The Morgan fingerprint density at radius 3 is 1.70 bits per heavy atom. The molecule has 10 heavy (non-hydrogen) atoms. The zero-order chi connectivity index (χ0) is 8.20. The van der Waals surface area contributed by atoms with Gasteiger partial charge in [-0.25, -0.2) is 0 Å². The zero-order valence-corrected chi connectivity index (χ0v) is 7.15. The summed E-state index contributed by atoms with van der Waals surface area (Å²) in [6, 6.07) is 0. The maximum absolute atomic E-state index is 5.74. The minimum absolute atomic E-state index is 0.0949. The second-order valence-electron chi connectivity index (χ2n) is 2.47. The summed E-state index contributed by atoms with van der Waals surface area (Å²) in [7, 11) is 5.57. The van der Waals surface area contributed by atoms with Gasteiger partial charge in [0.05, 0.1) is 11.8 Å². The number of nitrogens with two attached hydrogens (primary N) is 1. The molecule has 5 N–H and O–H groups in total. The average molecular weight is 146 g/mol. The van der Waals surface area contributed by atoms with Gasteiger partial charge in [-0.05, 0) is 28.1 Å². The predicted octanol–water partition coefficient (Wildman–Crippen LogP) is -1.35. The third-order valence-corrected chi connectivity index (χ3v) is 1.97. The van der Waals surface area contributed by atoms with Crippen molar-refractivity contribution in [2.24, 2.45) is 5.73 Å². The van der Waals surface area contributed by atoms with Crippen molar-refractivity contribution in [2.75, 3.05) is 21.1 Å². The van der Waals surface area contributed by atoms with Gasteiger partial charge in [-0.1, -0.05) is 0 Å². The van der Waals surface area contributed by atoms with Crippen molar-refractivity contribution in [3.8, 4) is 0 Å². The molecular weight excluding hydrogens is 128 g/mol. The highest BCUT2D eigenvalue weighted by molar-refractivity contribution is 4.85. The fourth-order valence-corrected chi connectivity index (χ4v) is 0.725. The molecule has 0 aromatic rings. The number of hydrogen-bond donors (Lipinski definition) is 4. The van der Waals surface area contributed by atoms with Gasteiger partial charge in [0.2, 0.25) is 0 Å². The highest BCUT2D eigenvalue weighted by Gasteiger charge is 2.25. The summed E-state index contributed by atoms with van der Waals surface area (Å²) >= 11 is 0. The van der Waals surface area contributed by atoms with Crippen LogP contribution < -0.4 is 21.7 Å². The Morgan fingerprint density at radius 1 is 1.20 bits per heavy atom. The predicted molar refractivity (Wildman–Crippen MR) is 43.6 cm³/mol. The van der Waals surface area contributed by atoms with Gasteiger partial charge in [-0.15, -0.1) is 0 Å². The van der Waals surface area contributed by atoms with Gasteiger partial charge in [0.15, 0.2) is 0 Å². The van der Waals surface area contributed by atoms with E-state index in [0.29, 0.717) is 0 Å². The van der Waals surface area contributed by atoms with Crippen LogP contribution in [0.3, 0.4) is 0 Å². The van der Waals surface area contributed by atoms with Crippen molar-refractivity contribution in [1.29, 1.82) is 0 Å². The molecule has 0 saturated carbocycles. The van der Waals surface area contributed by atoms with Crippen LogP contribution in [0.25, 0.3) is 0 Å². The van der Waals surface area contributed by atoms with Gasteiger partial charge in [0.1, 0.15) is 0 Å². The molecule has 4 heteroatoms. The van der Waals surface area contributed by atoms with Crippen LogP contribution in [0.2, 0.25) is 0 Å². The molecule has 0 heterocycles. The monoisotopic (exact) mass is 146 g/mol. The molecule has 0 radical (unpaired) electrons. The first-order chi connectivity index (χ1) is 4.60. The molecule has 0 aliphatic carbocycles. The molecule has 0 bridgehead atoms. The van der Waals surface area contributed by atoms with E-state index < -0.39 is 0 Å². The molecule has 0 fully saturated rings. The van der Waals surface area contributed by atoms with Crippen LogP contribution in [0.1, 0.15) is 6.92 Å². The Morgan fingerprint density at radius 2 is 1.60 bits per heavy atom. The SMILES string of the molecule is CN[C@@H](N)C(C)(NC)NC. The normalized spacial score (nSPS) is 15.3. The van der Waals surface area contributed by atoms with Gasteiger partial charge in [-0.3, -0.25) is 0 Å². The topological polar surface area (TPSA) is 62.1 Å². The average Bonchev–Trinajstić information content (AvgIpc) is 2.01. The highest BCUT2D eigenvalue weighted by atomic mass is 15.2. The molecule has 1 atom stereocenters. The largest absolute Gasteiger partial charge is 0.313 e. The molecule has 0 aliphatic rings. The first-order valence-corrected chi connectivity index (χ1v) is 3.41. The summed E-state index contributed by atoms with van der Waals surface area (Å²) in [4.78, 5) is 0. The molecular formula is C6H18N4. The van der Waals surface area contributed by atoms with Crippen molar-refractivity contribution in [3.63, 3.8) is 0 Å². The molecule has 62 valence electrons. The summed E-state index contributed by atoms with van der Waals surface area (Å²) < 4.78 is 0. The van der Waals surface area contributed by atoms with E-state index in [1.165, 1.54) is 0 Å². The van der Waals surface area contributed by atoms with E-state index in [2.05, 4.69) is 16.0 Å². The van der Waals surface area contributed by atoms with Gasteiger partial charge >= 0.3 is 0 Å². The minimum Gasteiger partial charge on any atom is -0.313 e. The molecule has 0 aromatic heterocycles. The molecule has 0 aliphatic heterocycles. The van der Waals surface area contributed by atoms with Gasteiger partial charge in [-0.2, -0.15) is 0 Å². The molecule has 0 amide bonds. The third-order valence-electron chi connectivity index (χ3n) is 1.97. The fraction of sp³-hybridized carbons (Fsp3) is 1.00. The zero-order valence-electron chi connectivity index (χ0n) is 7.15. The standard InChI is InChI=1S/C6H18N4/c1-6(9-3,10-4)5(7)8-2/h5,8-10H,7H2,1-4H3/t5-/m1/s1. The Balaban J connectivity index is 4.02. The lowest BCUT2D eigenvalue weighted by atomic mass is 10.1. The molecule has 0 aromatic carbocycles. The summed E-state index contributed by atoms with van der Waals surface area (Å²) in [5.74, 6) is 0. The van der Waals surface area contributed by atoms with Crippen LogP contribution in [0.4, 0.5) is 0 Å². The maximum atomic E-state index is 5.74. The minimum atomic E-state index is -0.241. The van der Waals surface area contributed by atoms with E-state index in [-0.39, 0.29) is 11.8 Å². The molecule has 0 rings (SSSR count). The summed E-state index contributed by atoms with van der Waals surface area (Å²) in [5, 5.41) is 9.12. The van der Waals surface area contributed by atoms with Crippen molar-refractivity contribution < 1.29 is 0 Å². The smallest absolute Gasteiger partial charge is 0.0944 e. The molecule has 0 spiro atoms. The van der Waals surface area contributed by atoms with Crippen LogP contribution in [-0.4, -0.2) is 33.0 Å². The second-order valence-corrected chi connectivity index (χ2v) is 2.47. The number of likely N-dealkylation sites (N-methyl/N-ethyl adjacent to an activating group) is 3. The van der Waals surface area contributed by atoms with Gasteiger partial charge < -0.3 is 21.7 Å². The molecule has 4 nitrogen and oxygen atoms in total. The first-order valence-electron chi connectivity index (χ1n) is 3.41. The Hall–Kier alpha value is -0.160. The van der Waals surface area contributed by atoms with E-state index in [0.717, 1.165) is 0 Å². The summed E-state index contributed by atoms with van der Waals surface area (Å²) in [5.41, 5.74) is 5.50. The molecule has 0 unspecified atom stereocenters. The lowest BCUT2D eigenvalue weighted by Gasteiger charge is -2.34. The quantitative estimate of drug-likeness (QED) is 0.370. The lowest BCUT2D eigenvalue weighted by molar-refractivity contribution is 0.242. The van der Waals surface area contributed by atoms with Crippen molar-refractivity contribution in [3.05, 3.63) is 0 Å². The number of hydrogen-bond acceptors (Lipinski definition) is 4. The molecule has 0 saturated heterocycles. The second kappa shape index (κ2) is 3.88.